The van der Waals surface area contributed by atoms with Crippen LogP contribution in [0.2, 0.25) is 0 Å². The summed E-state index contributed by atoms with van der Waals surface area (Å²) in [5, 5.41) is 2.81. The van der Waals surface area contributed by atoms with Crippen molar-refractivity contribution < 1.29 is 17.9 Å². The van der Waals surface area contributed by atoms with Gasteiger partial charge in [0.05, 0.1) is 17.0 Å². The van der Waals surface area contributed by atoms with Crippen molar-refractivity contribution in [2.75, 3.05) is 10.0 Å². The molecule has 3 aromatic carbocycles. The molecule has 0 unspecified atom stereocenters. The number of sulfonamides is 1. The Hall–Kier alpha value is -3.32. The zero-order valence-electron chi connectivity index (χ0n) is 16.0. The van der Waals surface area contributed by atoms with Crippen LogP contribution in [-0.4, -0.2) is 14.3 Å². The van der Waals surface area contributed by atoms with Crippen LogP contribution >= 0.6 is 0 Å². The summed E-state index contributed by atoms with van der Waals surface area (Å²) in [5.41, 5.74) is 3.87. The summed E-state index contributed by atoms with van der Waals surface area (Å²) < 4.78 is 33.5. The van der Waals surface area contributed by atoms with Gasteiger partial charge in [0.2, 0.25) is 10.0 Å². The molecule has 29 heavy (non-hydrogen) atoms. The fraction of sp³-hybridized carbons (Fsp3) is 0.136. The molecule has 1 heterocycles. The van der Waals surface area contributed by atoms with Crippen LogP contribution in [0, 0.1) is 13.8 Å². The normalized spacial score (nSPS) is 12.8. The first-order chi connectivity index (χ1) is 13.8. The summed E-state index contributed by atoms with van der Waals surface area (Å²) in [6.45, 7) is 3.87. The van der Waals surface area contributed by atoms with Crippen LogP contribution in [-0.2, 0) is 15.8 Å². The third-order valence-corrected chi connectivity index (χ3v) is 5.84. The number of aryl methyl sites for hydroxylation is 2. The largest absolute Gasteiger partial charge is 0.454 e. The van der Waals surface area contributed by atoms with E-state index in [1.54, 1.807) is 30.3 Å². The van der Waals surface area contributed by atoms with Crippen LogP contribution in [0.15, 0.2) is 60.7 Å². The van der Waals surface area contributed by atoms with E-state index in [-0.39, 0.29) is 17.2 Å². The lowest BCUT2D eigenvalue weighted by Crippen LogP contribution is -2.16. The van der Waals surface area contributed by atoms with Gasteiger partial charge in [-0.25, -0.2) is 8.42 Å². The monoisotopic (exact) mass is 408 g/mol. The molecule has 148 valence electrons. The molecule has 0 radical (unpaired) electrons. The van der Waals surface area contributed by atoms with Crippen molar-refractivity contribution in [2.45, 2.75) is 19.6 Å². The maximum atomic E-state index is 12.7. The lowest BCUT2D eigenvalue weighted by atomic mass is 10.1. The Balaban J connectivity index is 1.58. The van der Waals surface area contributed by atoms with E-state index in [9.17, 15) is 13.2 Å². The van der Waals surface area contributed by atoms with E-state index in [2.05, 4.69) is 10.0 Å². The van der Waals surface area contributed by atoms with Crippen molar-refractivity contribution in [2.24, 2.45) is 0 Å². The third kappa shape index (κ3) is 4.25. The number of hydrogen-bond acceptors (Lipinski definition) is 4. The van der Waals surface area contributed by atoms with Crippen molar-refractivity contribution in [1.29, 1.82) is 0 Å². The SMILES string of the molecule is Cc1ccc(CS(=O)(=O)Nc2ccc3c(c2)C(=O)Nc2cc(C)ccc2O3)cc1. The Morgan fingerprint density at radius 3 is 2.34 bits per heavy atom. The molecule has 0 saturated carbocycles. The summed E-state index contributed by atoms with van der Waals surface area (Å²) in [5.74, 6) is 0.392. The maximum absolute atomic E-state index is 12.7. The second kappa shape index (κ2) is 7.25. The lowest BCUT2D eigenvalue weighted by molar-refractivity contribution is 0.102. The van der Waals surface area contributed by atoms with Gasteiger partial charge >= 0.3 is 0 Å². The highest BCUT2D eigenvalue weighted by Crippen LogP contribution is 2.37. The molecule has 4 rings (SSSR count). The van der Waals surface area contributed by atoms with Crippen LogP contribution in [0.4, 0.5) is 11.4 Å². The van der Waals surface area contributed by atoms with E-state index in [0.717, 1.165) is 11.1 Å². The van der Waals surface area contributed by atoms with E-state index in [1.165, 1.54) is 6.07 Å². The van der Waals surface area contributed by atoms with Gasteiger partial charge in [0, 0.05) is 5.69 Å². The van der Waals surface area contributed by atoms with Gasteiger partial charge in [-0.05, 0) is 55.3 Å². The zero-order chi connectivity index (χ0) is 20.6. The first-order valence-corrected chi connectivity index (χ1v) is 10.7. The molecule has 3 aromatic rings. The molecule has 1 amide bonds. The average Bonchev–Trinajstić information content (AvgIpc) is 2.79. The standard InChI is InChI=1S/C22H20N2O4S/c1-14-3-6-16(7-4-14)13-29(26,27)24-17-8-10-20-18(12-17)22(25)23-19-11-15(2)5-9-21(19)28-20/h3-12,24H,13H2,1-2H3,(H,23,25). The molecule has 6 nitrogen and oxygen atoms in total. The molecule has 0 spiro atoms. The Labute approximate surface area is 169 Å². The van der Waals surface area contributed by atoms with Crippen molar-refractivity contribution >= 4 is 27.3 Å². The average molecular weight is 408 g/mol. The van der Waals surface area contributed by atoms with E-state index < -0.39 is 10.0 Å². The van der Waals surface area contributed by atoms with Crippen molar-refractivity contribution in [3.05, 3.63) is 82.9 Å². The summed E-state index contributed by atoms with van der Waals surface area (Å²) in [7, 11) is -3.64. The maximum Gasteiger partial charge on any atom is 0.259 e. The molecule has 0 bridgehead atoms. The number of benzene rings is 3. The molecule has 2 N–H and O–H groups in total. The highest BCUT2D eigenvalue weighted by atomic mass is 32.2. The fourth-order valence-electron chi connectivity index (χ4n) is 3.12. The topological polar surface area (TPSA) is 84.5 Å². The molecule has 7 heteroatoms. The predicted molar refractivity (Wildman–Crippen MR) is 113 cm³/mol. The predicted octanol–water partition coefficient (Wildman–Crippen LogP) is 4.60. The number of anilines is 2. The molecule has 0 aliphatic carbocycles. The number of ether oxygens (including phenoxy) is 1. The number of carbonyl (C=O) groups is 1. The van der Waals surface area contributed by atoms with Gasteiger partial charge in [-0.1, -0.05) is 35.9 Å². The Morgan fingerprint density at radius 2 is 1.59 bits per heavy atom. The summed E-state index contributed by atoms with van der Waals surface area (Å²) in [6.07, 6.45) is 0. The van der Waals surface area contributed by atoms with E-state index in [4.69, 9.17) is 4.74 Å². The molecule has 0 fully saturated rings. The second-order valence-electron chi connectivity index (χ2n) is 7.11. The van der Waals surface area contributed by atoms with E-state index in [1.807, 2.05) is 38.1 Å². The van der Waals surface area contributed by atoms with Crippen LogP contribution in [0.5, 0.6) is 11.5 Å². The summed E-state index contributed by atoms with van der Waals surface area (Å²) >= 11 is 0. The number of fused-ring (bicyclic) bond motifs is 2. The minimum absolute atomic E-state index is 0.155. The first-order valence-electron chi connectivity index (χ1n) is 9.09. The fourth-order valence-corrected chi connectivity index (χ4v) is 4.31. The zero-order valence-corrected chi connectivity index (χ0v) is 16.8. The van der Waals surface area contributed by atoms with Crippen LogP contribution in [0.3, 0.4) is 0 Å². The van der Waals surface area contributed by atoms with Crippen LogP contribution in [0.25, 0.3) is 0 Å². The third-order valence-electron chi connectivity index (χ3n) is 4.58. The van der Waals surface area contributed by atoms with Gasteiger partial charge in [0.25, 0.3) is 5.91 Å². The highest BCUT2D eigenvalue weighted by molar-refractivity contribution is 7.91. The summed E-state index contributed by atoms with van der Waals surface area (Å²) in [6, 6.07) is 17.5. The van der Waals surface area contributed by atoms with Gasteiger partial charge in [-0.3, -0.25) is 9.52 Å². The van der Waals surface area contributed by atoms with Gasteiger partial charge in [0.15, 0.2) is 5.75 Å². The highest BCUT2D eigenvalue weighted by Gasteiger charge is 2.22. The molecule has 0 atom stereocenters. The van der Waals surface area contributed by atoms with Crippen molar-refractivity contribution in [1.82, 2.24) is 0 Å². The molecule has 1 aliphatic rings. The number of amides is 1. The number of nitrogens with one attached hydrogen (secondary N) is 2. The van der Waals surface area contributed by atoms with Crippen LogP contribution < -0.4 is 14.8 Å². The minimum Gasteiger partial charge on any atom is -0.454 e. The number of hydrogen-bond donors (Lipinski definition) is 2. The van der Waals surface area contributed by atoms with Gasteiger partial charge in [-0.15, -0.1) is 0 Å². The molecule has 1 aliphatic heterocycles. The van der Waals surface area contributed by atoms with Crippen LogP contribution in [0.1, 0.15) is 27.0 Å². The van der Waals surface area contributed by atoms with E-state index >= 15 is 0 Å². The second-order valence-corrected chi connectivity index (χ2v) is 8.84. The molecular weight excluding hydrogens is 388 g/mol. The quantitative estimate of drug-likeness (QED) is 0.661. The van der Waals surface area contributed by atoms with Gasteiger partial charge < -0.3 is 10.1 Å². The Bertz CT molecular complexity index is 1200. The van der Waals surface area contributed by atoms with Crippen molar-refractivity contribution in [3.63, 3.8) is 0 Å². The summed E-state index contributed by atoms with van der Waals surface area (Å²) in [4.78, 5) is 12.7. The first kappa shape index (κ1) is 19.0. The molecule has 0 saturated heterocycles. The Kier molecular flexibility index (Phi) is 4.76. The molecule has 0 aromatic heterocycles. The van der Waals surface area contributed by atoms with Crippen molar-refractivity contribution in [3.8, 4) is 11.5 Å². The smallest absolute Gasteiger partial charge is 0.259 e. The van der Waals surface area contributed by atoms with Gasteiger partial charge in [-0.2, -0.15) is 0 Å². The van der Waals surface area contributed by atoms with Gasteiger partial charge in [0.1, 0.15) is 5.75 Å². The van der Waals surface area contributed by atoms with E-state index in [0.29, 0.717) is 28.4 Å². The molecular formula is C22H20N2O4S. The Morgan fingerprint density at radius 1 is 0.897 bits per heavy atom. The number of carbonyl (C=O) groups excluding carboxylic acids is 1. The lowest BCUT2D eigenvalue weighted by Gasteiger charge is -2.11. The number of rotatable bonds is 4. The minimum atomic E-state index is -3.64.